The number of nitrogens with one attached hydrogen (secondary N) is 2. The lowest BCUT2D eigenvalue weighted by atomic mass is 9.86. The lowest BCUT2D eigenvalue weighted by Gasteiger charge is -2.33. The van der Waals surface area contributed by atoms with Gasteiger partial charge in [0.25, 0.3) is 0 Å². The van der Waals surface area contributed by atoms with Crippen LogP contribution in [0, 0.1) is 5.92 Å². The highest BCUT2D eigenvalue weighted by atomic mass is 32.2. The molecule has 1 fully saturated rings. The number of nitrogens with zero attached hydrogens (tertiary/aromatic N) is 1. The molecule has 2 rings (SSSR count). The van der Waals surface area contributed by atoms with E-state index in [0.717, 1.165) is 16.8 Å². The normalized spacial score (nSPS) is 28.3. The highest BCUT2D eigenvalue weighted by Gasteiger charge is 2.29. The van der Waals surface area contributed by atoms with Crippen molar-refractivity contribution in [1.82, 2.24) is 10.6 Å². The zero-order chi connectivity index (χ0) is 13.8. The fourth-order valence-corrected chi connectivity index (χ4v) is 3.90. The van der Waals surface area contributed by atoms with Gasteiger partial charge in [-0.15, -0.1) is 0 Å². The van der Waals surface area contributed by atoms with Crippen molar-refractivity contribution in [2.45, 2.75) is 64.6 Å². The van der Waals surface area contributed by atoms with Gasteiger partial charge in [-0.25, -0.2) is 0 Å². The highest BCUT2D eigenvalue weighted by Crippen LogP contribution is 2.33. The van der Waals surface area contributed by atoms with Crippen molar-refractivity contribution in [3.05, 3.63) is 0 Å². The van der Waals surface area contributed by atoms with Gasteiger partial charge in [0, 0.05) is 11.8 Å². The molecule has 1 amide bonds. The molecule has 0 aromatic heterocycles. The molecule has 0 radical (unpaired) electrons. The van der Waals surface area contributed by atoms with E-state index in [0.29, 0.717) is 6.04 Å². The fraction of sp³-hybridized carbons (Fsp3) is 0.857. The van der Waals surface area contributed by atoms with Crippen LogP contribution in [0.3, 0.4) is 0 Å². The van der Waals surface area contributed by atoms with Gasteiger partial charge in [-0.2, -0.15) is 0 Å². The van der Waals surface area contributed by atoms with Gasteiger partial charge >= 0.3 is 0 Å². The van der Waals surface area contributed by atoms with Crippen LogP contribution in [0.5, 0.6) is 0 Å². The first-order chi connectivity index (χ1) is 9.06. The van der Waals surface area contributed by atoms with Crippen molar-refractivity contribution < 1.29 is 4.79 Å². The number of hydrogen-bond acceptors (Lipinski definition) is 4. The average Bonchev–Trinajstić information content (AvgIpc) is 2.37. The molecule has 0 bridgehead atoms. The Balaban J connectivity index is 1.88. The molecule has 0 spiro atoms. The Morgan fingerprint density at radius 3 is 2.79 bits per heavy atom. The summed E-state index contributed by atoms with van der Waals surface area (Å²) in [4.78, 5) is 16.7. The summed E-state index contributed by atoms with van der Waals surface area (Å²) >= 11 is 1.77. The molecule has 0 aromatic rings. The summed E-state index contributed by atoms with van der Waals surface area (Å²) in [6, 6.07) is 0.451. The lowest BCUT2D eigenvalue weighted by Crippen LogP contribution is -2.47. The van der Waals surface area contributed by atoms with E-state index < -0.39 is 0 Å². The molecule has 0 saturated heterocycles. The molecule has 2 N–H and O–H groups in total. The second-order valence-corrected chi connectivity index (χ2v) is 6.90. The molecule has 1 heterocycles. The summed E-state index contributed by atoms with van der Waals surface area (Å²) in [7, 11) is 0. The van der Waals surface area contributed by atoms with E-state index in [4.69, 9.17) is 4.99 Å². The first-order valence-corrected chi connectivity index (χ1v) is 8.32. The molecule has 1 aliphatic carbocycles. The second-order valence-electron chi connectivity index (χ2n) is 5.89. The van der Waals surface area contributed by atoms with Crippen LogP contribution in [-0.4, -0.2) is 35.0 Å². The Morgan fingerprint density at radius 1 is 1.32 bits per heavy atom. The summed E-state index contributed by atoms with van der Waals surface area (Å²) < 4.78 is 0. The van der Waals surface area contributed by atoms with Crippen LogP contribution in [0.2, 0.25) is 0 Å². The predicted octanol–water partition coefficient (Wildman–Crippen LogP) is 2.15. The number of amidine groups is 1. The highest BCUT2D eigenvalue weighted by molar-refractivity contribution is 8.13. The smallest absolute Gasteiger partial charge is 0.242 e. The average molecular weight is 283 g/mol. The summed E-state index contributed by atoms with van der Waals surface area (Å²) in [5.41, 5.74) is 0. The van der Waals surface area contributed by atoms with Gasteiger partial charge < -0.3 is 10.6 Å². The van der Waals surface area contributed by atoms with E-state index >= 15 is 0 Å². The van der Waals surface area contributed by atoms with Crippen LogP contribution in [0.4, 0.5) is 0 Å². The van der Waals surface area contributed by atoms with Crippen LogP contribution in [-0.2, 0) is 4.79 Å². The molecule has 19 heavy (non-hydrogen) atoms. The van der Waals surface area contributed by atoms with E-state index in [1.807, 2.05) is 20.8 Å². The van der Waals surface area contributed by atoms with E-state index in [1.54, 1.807) is 11.8 Å². The molecule has 108 valence electrons. The summed E-state index contributed by atoms with van der Waals surface area (Å²) in [5.74, 6) is 1.95. The third kappa shape index (κ3) is 4.13. The maximum Gasteiger partial charge on any atom is 0.242 e. The number of carbonyl (C=O) groups is 1. The van der Waals surface area contributed by atoms with E-state index in [2.05, 4.69) is 10.6 Å². The zero-order valence-electron chi connectivity index (χ0n) is 12.1. The van der Waals surface area contributed by atoms with E-state index in [9.17, 15) is 4.79 Å². The van der Waals surface area contributed by atoms with Crippen LogP contribution >= 0.6 is 11.8 Å². The van der Waals surface area contributed by atoms with Crippen molar-refractivity contribution >= 4 is 22.8 Å². The number of carbonyl (C=O) groups excluding carboxylic acids is 1. The van der Waals surface area contributed by atoms with Crippen molar-refractivity contribution in [1.29, 1.82) is 0 Å². The van der Waals surface area contributed by atoms with E-state index in [1.165, 1.54) is 25.7 Å². The lowest BCUT2D eigenvalue weighted by molar-refractivity contribution is -0.122. The SMILES string of the molecule is CC(C)NC(=O)C(C)NC1=NC2CCCCC2CS1. The minimum absolute atomic E-state index is 0.0454. The van der Waals surface area contributed by atoms with E-state index in [-0.39, 0.29) is 18.0 Å². The number of rotatable bonds is 3. The molecule has 1 saturated carbocycles. The van der Waals surface area contributed by atoms with Crippen molar-refractivity contribution in [2.24, 2.45) is 10.9 Å². The quantitative estimate of drug-likeness (QED) is 0.834. The molecule has 1 aliphatic heterocycles. The van der Waals surface area contributed by atoms with Crippen LogP contribution in [0.25, 0.3) is 0 Å². The molecular formula is C14H25N3OS. The number of hydrogen-bond donors (Lipinski definition) is 2. The Hall–Kier alpha value is -0.710. The van der Waals surface area contributed by atoms with Crippen molar-refractivity contribution in [3.63, 3.8) is 0 Å². The number of aliphatic imine (C=N–C) groups is 1. The molecule has 3 unspecified atom stereocenters. The predicted molar refractivity (Wildman–Crippen MR) is 81.5 cm³/mol. The topological polar surface area (TPSA) is 53.5 Å². The molecule has 2 aliphatic rings. The Kier molecular flexibility index (Phi) is 5.13. The number of thioether (sulfide) groups is 1. The van der Waals surface area contributed by atoms with Gasteiger partial charge in [-0.05, 0) is 39.5 Å². The molecular weight excluding hydrogens is 258 g/mol. The van der Waals surface area contributed by atoms with Crippen LogP contribution in [0.1, 0.15) is 46.5 Å². The monoisotopic (exact) mass is 283 g/mol. The van der Waals surface area contributed by atoms with Gasteiger partial charge in [-0.3, -0.25) is 9.79 Å². The van der Waals surface area contributed by atoms with Crippen LogP contribution in [0.15, 0.2) is 4.99 Å². The summed E-state index contributed by atoms with van der Waals surface area (Å²) in [5, 5.41) is 7.13. The van der Waals surface area contributed by atoms with Gasteiger partial charge in [0.2, 0.25) is 5.91 Å². The van der Waals surface area contributed by atoms with Crippen molar-refractivity contribution in [2.75, 3.05) is 5.75 Å². The van der Waals surface area contributed by atoms with Gasteiger partial charge in [-0.1, -0.05) is 24.6 Å². The zero-order valence-corrected chi connectivity index (χ0v) is 12.9. The first-order valence-electron chi connectivity index (χ1n) is 7.33. The number of amides is 1. The third-order valence-electron chi connectivity index (χ3n) is 3.75. The Labute approximate surface area is 120 Å². The maximum absolute atomic E-state index is 11.9. The summed E-state index contributed by atoms with van der Waals surface area (Å²) in [6.07, 6.45) is 5.18. The Bertz CT molecular complexity index is 357. The minimum atomic E-state index is -0.214. The minimum Gasteiger partial charge on any atom is -0.353 e. The Morgan fingerprint density at radius 2 is 2.05 bits per heavy atom. The first kappa shape index (κ1) is 14.7. The van der Waals surface area contributed by atoms with Crippen LogP contribution < -0.4 is 10.6 Å². The standard InChI is InChI=1S/C14H25N3OS/c1-9(2)15-13(18)10(3)16-14-17-12-7-5-4-6-11(12)8-19-14/h9-12H,4-8H2,1-3H3,(H,15,18)(H,16,17). The number of fused-ring (bicyclic) bond motifs is 1. The second kappa shape index (κ2) is 6.64. The van der Waals surface area contributed by atoms with Gasteiger partial charge in [0.1, 0.15) is 6.04 Å². The largest absolute Gasteiger partial charge is 0.353 e. The summed E-state index contributed by atoms with van der Waals surface area (Å²) in [6.45, 7) is 5.85. The third-order valence-corrected chi connectivity index (χ3v) is 4.84. The molecule has 0 aromatic carbocycles. The van der Waals surface area contributed by atoms with Gasteiger partial charge in [0.05, 0.1) is 6.04 Å². The fourth-order valence-electron chi connectivity index (χ4n) is 2.67. The molecule has 3 atom stereocenters. The molecule has 4 nitrogen and oxygen atoms in total. The van der Waals surface area contributed by atoms with Gasteiger partial charge in [0.15, 0.2) is 5.17 Å². The maximum atomic E-state index is 11.9. The van der Waals surface area contributed by atoms with Crippen molar-refractivity contribution in [3.8, 4) is 0 Å². The molecule has 5 heteroatoms.